The molecule has 8 nitrogen and oxygen atoms in total. The minimum atomic E-state index is -0.872. The van der Waals surface area contributed by atoms with E-state index in [0.717, 1.165) is 0 Å². The molecule has 0 spiro atoms. The number of alkyl carbamates (subject to hydrolysis) is 1. The van der Waals surface area contributed by atoms with Gasteiger partial charge in [0.15, 0.2) is 5.78 Å². The van der Waals surface area contributed by atoms with Gasteiger partial charge in [-0.15, -0.1) is 0 Å². The highest BCUT2D eigenvalue weighted by Gasteiger charge is 2.19. The van der Waals surface area contributed by atoms with Gasteiger partial charge in [-0.2, -0.15) is 0 Å². The molecule has 2 heterocycles. The van der Waals surface area contributed by atoms with E-state index in [1.54, 1.807) is 27.7 Å². The Labute approximate surface area is 136 Å². The zero-order chi connectivity index (χ0) is 18.1. The summed E-state index contributed by atoms with van der Waals surface area (Å²) in [6.45, 7) is 6.24. The molecule has 0 fully saturated rings. The van der Waals surface area contributed by atoms with Crippen LogP contribution in [-0.4, -0.2) is 29.0 Å². The van der Waals surface area contributed by atoms with E-state index in [1.165, 1.54) is 12.1 Å². The van der Waals surface area contributed by atoms with Gasteiger partial charge in [-0.1, -0.05) is 0 Å². The van der Waals surface area contributed by atoms with Crippen molar-refractivity contribution in [1.29, 1.82) is 0 Å². The second-order valence-corrected chi connectivity index (χ2v) is 6.29. The van der Waals surface area contributed by atoms with Gasteiger partial charge in [0.1, 0.15) is 16.7 Å². The Balaban J connectivity index is 2.24. The van der Waals surface area contributed by atoms with E-state index in [-0.39, 0.29) is 16.5 Å². The Morgan fingerprint density at radius 3 is 2.54 bits per heavy atom. The van der Waals surface area contributed by atoms with Gasteiger partial charge < -0.3 is 19.5 Å². The van der Waals surface area contributed by atoms with Crippen molar-refractivity contribution in [3.8, 4) is 0 Å². The number of pyridine rings is 1. The summed E-state index contributed by atoms with van der Waals surface area (Å²) >= 11 is 0. The minimum absolute atomic E-state index is 0.0841. The molecule has 0 aromatic carbocycles. The number of ketones is 1. The Bertz CT molecular complexity index is 917. The normalized spacial score (nSPS) is 11.3. The van der Waals surface area contributed by atoms with Crippen molar-refractivity contribution >= 4 is 22.8 Å². The molecule has 0 aliphatic carbocycles. The smallest absolute Gasteiger partial charge is 0.408 e. The molecule has 2 aromatic rings. The number of carbonyl (C=O) groups excluding carboxylic acids is 2. The number of aromatic nitrogens is 1. The zero-order valence-corrected chi connectivity index (χ0v) is 13.8. The number of ether oxygens (including phenoxy) is 1. The lowest BCUT2D eigenvalue weighted by Gasteiger charge is -2.19. The number of hydrogen-bond donors (Lipinski definition) is 2. The number of fused-ring (bicyclic) bond motifs is 1. The highest BCUT2D eigenvalue weighted by molar-refractivity contribution is 6.00. The molecule has 0 saturated carbocycles. The van der Waals surface area contributed by atoms with Crippen LogP contribution in [0.2, 0.25) is 0 Å². The summed E-state index contributed by atoms with van der Waals surface area (Å²) in [7, 11) is 0. The molecule has 0 atom stereocenters. The van der Waals surface area contributed by atoms with Crippen LogP contribution < -0.4 is 16.5 Å². The van der Waals surface area contributed by atoms with Crippen molar-refractivity contribution in [2.75, 3.05) is 6.54 Å². The zero-order valence-electron chi connectivity index (χ0n) is 13.8. The van der Waals surface area contributed by atoms with Crippen LogP contribution in [0.4, 0.5) is 4.79 Å². The molecule has 0 aliphatic rings. The van der Waals surface area contributed by atoms with Crippen molar-refractivity contribution < 1.29 is 18.7 Å². The van der Waals surface area contributed by atoms with Crippen molar-refractivity contribution in [1.82, 2.24) is 10.3 Å². The molecule has 8 heteroatoms. The summed E-state index contributed by atoms with van der Waals surface area (Å²) in [5.41, 5.74) is -1.74. The van der Waals surface area contributed by atoms with Crippen LogP contribution in [0.1, 0.15) is 36.8 Å². The van der Waals surface area contributed by atoms with E-state index in [4.69, 9.17) is 9.15 Å². The maximum Gasteiger partial charge on any atom is 0.408 e. The number of nitrogens with one attached hydrogen (secondary N) is 2. The fourth-order valence-electron chi connectivity index (χ4n) is 2.00. The number of rotatable bonds is 3. The van der Waals surface area contributed by atoms with E-state index < -0.39 is 35.2 Å². The lowest BCUT2D eigenvalue weighted by atomic mass is 10.1. The highest BCUT2D eigenvalue weighted by atomic mass is 16.6. The van der Waals surface area contributed by atoms with E-state index in [9.17, 15) is 19.2 Å². The predicted octanol–water partition coefficient (Wildman–Crippen LogP) is 1.50. The third-order valence-electron chi connectivity index (χ3n) is 2.97. The van der Waals surface area contributed by atoms with Crippen LogP contribution in [0.3, 0.4) is 0 Å². The molecule has 0 bridgehead atoms. The summed E-state index contributed by atoms with van der Waals surface area (Å²) in [4.78, 5) is 50.0. The molecule has 24 heavy (non-hydrogen) atoms. The van der Waals surface area contributed by atoms with Gasteiger partial charge in [-0.25, -0.2) is 9.59 Å². The number of carbonyl (C=O) groups is 2. The summed E-state index contributed by atoms with van der Waals surface area (Å²) in [5, 5.41) is 2.34. The Morgan fingerprint density at radius 1 is 1.25 bits per heavy atom. The topological polar surface area (TPSA) is 118 Å². The van der Waals surface area contributed by atoms with Crippen LogP contribution in [0.25, 0.3) is 11.0 Å². The molecule has 0 saturated heterocycles. The lowest BCUT2D eigenvalue weighted by Crippen LogP contribution is -2.36. The Hall–Kier alpha value is -2.90. The molecule has 0 unspecified atom stereocenters. The van der Waals surface area contributed by atoms with Crippen LogP contribution in [0.15, 0.2) is 26.1 Å². The van der Waals surface area contributed by atoms with Gasteiger partial charge >= 0.3 is 11.7 Å². The number of aromatic amines is 1. The van der Waals surface area contributed by atoms with Crippen molar-refractivity contribution in [3.63, 3.8) is 0 Å². The van der Waals surface area contributed by atoms with Crippen molar-refractivity contribution in [2.45, 2.75) is 33.3 Å². The summed E-state index contributed by atoms with van der Waals surface area (Å²) in [6, 6.07) is 2.66. The third kappa shape index (κ3) is 4.09. The van der Waals surface area contributed by atoms with Crippen LogP contribution >= 0.6 is 0 Å². The second-order valence-electron chi connectivity index (χ2n) is 6.29. The van der Waals surface area contributed by atoms with Crippen LogP contribution in [0, 0.1) is 6.92 Å². The maximum atomic E-state index is 12.1. The maximum absolute atomic E-state index is 12.1. The first-order valence-corrected chi connectivity index (χ1v) is 7.24. The van der Waals surface area contributed by atoms with Gasteiger partial charge in [0, 0.05) is 11.8 Å². The fraction of sp³-hybridized carbons (Fsp3) is 0.375. The van der Waals surface area contributed by atoms with Crippen molar-refractivity contribution in [3.05, 3.63) is 44.2 Å². The van der Waals surface area contributed by atoms with Gasteiger partial charge in [-0.3, -0.25) is 9.59 Å². The van der Waals surface area contributed by atoms with Gasteiger partial charge in [-0.05, 0) is 33.8 Å². The third-order valence-corrected chi connectivity index (χ3v) is 2.97. The SMILES string of the molecule is Cc1cc2oc(=O)c(C(=O)CNC(=O)OC(C)(C)C)cc2c(=O)[nH]1. The van der Waals surface area contributed by atoms with Gasteiger partial charge in [0.25, 0.3) is 5.56 Å². The van der Waals surface area contributed by atoms with E-state index in [0.29, 0.717) is 5.69 Å². The standard InChI is InChI=1S/C16H18N2O6/c1-8-5-12-10(13(20)18-8)6-9(14(21)23-12)11(19)7-17-15(22)24-16(2,3)4/h5-6H,7H2,1-4H3,(H,17,22)(H,18,20). The predicted molar refractivity (Wildman–Crippen MR) is 86.4 cm³/mol. The largest absolute Gasteiger partial charge is 0.444 e. The van der Waals surface area contributed by atoms with Gasteiger partial charge in [0.05, 0.1) is 11.9 Å². The van der Waals surface area contributed by atoms with Crippen LogP contribution in [-0.2, 0) is 4.74 Å². The number of aryl methyl sites for hydroxylation is 1. The molecule has 2 rings (SSSR count). The lowest BCUT2D eigenvalue weighted by molar-refractivity contribution is 0.0520. The first kappa shape index (κ1) is 17.5. The minimum Gasteiger partial charge on any atom is -0.444 e. The van der Waals surface area contributed by atoms with E-state index >= 15 is 0 Å². The molecule has 2 aromatic heterocycles. The highest BCUT2D eigenvalue weighted by Crippen LogP contribution is 2.10. The molecular formula is C16H18N2O6. The van der Waals surface area contributed by atoms with E-state index in [2.05, 4.69) is 10.3 Å². The van der Waals surface area contributed by atoms with Crippen LogP contribution in [0.5, 0.6) is 0 Å². The number of H-pyrrole nitrogens is 1. The average molecular weight is 334 g/mol. The average Bonchev–Trinajstić information content (AvgIpc) is 2.42. The molecule has 2 N–H and O–H groups in total. The second kappa shape index (κ2) is 6.31. The molecule has 128 valence electrons. The number of Topliss-reactive ketones (excluding diaryl/α,β-unsaturated/α-hetero) is 1. The first-order valence-electron chi connectivity index (χ1n) is 7.24. The quantitative estimate of drug-likeness (QED) is 0.821. The summed E-state index contributed by atoms with van der Waals surface area (Å²) < 4.78 is 10.0. The Kier molecular flexibility index (Phi) is 4.59. The first-order chi connectivity index (χ1) is 11.1. The van der Waals surface area contributed by atoms with Gasteiger partial charge in [0.2, 0.25) is 0 Å². The summed E-state index contributed by atoms with van der Waals surface area (Å²) in [6.07, 6.45) is -0.783. The Morgan fingerprint density at radius 2 is 1.92 bits per heavy atom. The van der Waals surface area contributed by atoms with E-state index in [1.807, 2.05) is 0 Å². The molecule has 0 aliphatic heterocycles. The van der Waals surface area contributed by atoms with Crippen molar-refractivity contribution in [2.24, 2.45) is 0 Å². The molecular weight excluding hydrogens is 316 g/mol. The summed E-state index contributed by atoms with van der Waals surface area (Å²) in [5.74, 6) is -0.684. The monoisotopic (exact) mass is 334 g/mol. The number of amides is 1. The molecule has 1 amide bonds. The fourth-order valence-corrected chi connectivity index (χ4v) is 2.00. The number of hydrogen-bond acceptors (Lipinski definition) is 6. The molecule has 0 radical (unpaired) electrons.